The van der Waals surface area contributed by atoms with Crippen molar-refractivity contribution in [1.82, 2.24) is 0 Å². The summed E-state index contributed by atoms with van der Waals surface area (Å²) < 4.78 is 5.27. The second kappa shape index (κ2) is 7.19. The van der Waals surface area contributed by atoms with Gasteiger partial charge in [0, 0.05) is 31.5 Å². The van der Waals surface area contributed by atoms with Crippen molar-refractivity contribution in [3.8, 4) is 0 Å². The van der Waals surface area contributed by atoms with Crippen molar-refractivity contribution in [3.63, 3.8) is 0 Å². The van der Waals surface area contributed by atoms with Crippen molar-refractivity contribution in [3.05, 3.63) is 24.3 Å². The zero-order chi connectivity index (χ0) is 15.2. The van der Waals surface area contributed by atoms with Crippen LogP contribution in [0.15, 0.2) is 24.3 Å². The van der Waals surface area contributed by atoms with Gasteiger partial charge in [0.1, 0.15) is 0 Å². The Bertz CT molecular complexity index is 513. The quantitative estimate of drug-likeness (QED) is 0.780. The van der Waals surface area contributed by atoms with Gasteiger partial charge >= 0.3 is 0 Å². The van der Waals surface area contributed by atoms with Gasteiger partial charge in [-0.15, -0.1) is 0 Å². The topological polar surface area (TPSA) is 93.5 Å². The van der Waals surface area contributed by atoms with E-state index in [0.717, 1.165) is 12.8 Å². The van der Waals surface area contributed by atoms with Crippen molar-refractivity contribution in [2.45, 2.75) is 25.8 Å². The molecule has 0 spiro atoms. The lowest BCUT2D eigenvalue weighted by molar-refractivity contribution is -0.119. The minimum Gasteiger partial charge on any atom is -0.381 e. The van der Waals surface area contributed by atoms with Gasteiger partial charge in [-0.3, -0.25) is 9.59 Å². The van der Waals surface area contributed by atoms with Gasteiger partial charge in [-0.05, 0) is 37.0 Å². The molecule has 1 aromatic rings. The van der Waals surface area contributed by atoms with Crippen LogP contribution in [0.3, 0.4) is 0 Å². The number of ether oxygens (including phenoxy) is 1. The van der Waals surface area contributed by atoms with Crippen molar-refractivity contribution >= 4 is 23.2 Å². The maximum absolute atomic E-state index is 12.2. The second-order valence-corrected chi connectivity index (χ2v) is 5.23. The SMILES string of the molecule is CC(=O)Nc1cccc(NC(=O)C(N)C2CCOCC2)c1. The van der Waals surface area contributed by atoms with Crippen molar-refractivity contribution < 1.29 is 14.3 Å². The lowest BCUT2D eigenvalue weighted by atomic mass is 9.92. The number of benzene rings is 1. The number of hydrogen-bond acceptors (Lipinski definition) is 4. The van der Waals surface area contributed by atoms with Crippen LogP contribution in [-0.4, -0.2) is 31.1 Å². The molecule has 2 amide bonds. The molecular weight excluding hydrogens is 270 g/mol. The third kappa shape index (κ3) is 4.54. The number of amides is 2. The van der Waals surface area contributed by atoms with E-state index in [9.17, 15) is 9.59 Å². The molecule has 2 rings (SSSR count). The van der Waals surface area contributed by atoms with Crippen LogP contribution in [0.5, 0.6) is 0 Å². The van der Waals surface area contributed by atoms with E-state index in [0.29, 0.717) is 24.6 Å². The van der Waals surface area contributed by atoms with Crippen LogP contribution in [0.25, 0.3) is 0 Å². The van der Waals surface area contributed by atoms with Gasteiger partial charge in [-0.1, -0.05) is 6.07 Å². The fourth-order valence-electron chi connectivity index (χ4n) is 2.39. The maximum atomic E-state index is 12.2. The predicted molar refractivity (Wildman–Crippen MR) is 80.9 cm³/mol. The lowest BCUT2D eigenvalue weighted by Gasteiger charge is -2.26. The molecule has 1 atom stereocenters. The highest BCUT2D eigenvalue weighted by Crippen LogP contribution is 2.20. The molecule has 0 bridgehead atoms. The summed E-state index contributed by atoms with van der Waals surface area (Å²) in [5, 5.41) is 5.47. The molecule has 0 aromatic heterocycles. The molecule has 1 fully saturated rings. The van der Waals surface area contributed by atoms with Gasteiger partial charge in [0.25, 0.3) is 0 Å². The highest BCUT2D eigenvalue weighted by atomic mass is 16.5. The van der Waals surface area contributed by atoms with E-state index < -0.39 is 6.04 Å². The fourth-order valence-corrected chi connectivity index (χ4v) is 2.39. The van der Waals surface area contributed by atoms with Crippen LogP contribution in [0.2, 0.25) is 0 Å². The standard InChI is InChI=1S/C15H21N3O3/c1-10(19)17-12-3-2-4-13(9-12)18-15(20)14(16)11-5-7-21-8-6-11/h2-4,9,11,14H,5-8,16H2,1H3,(H,17,19)(H,18,20). The average Bonchev–Trinajstić information content (AvgIpc) is 2.47. The third-order valence-corrected chi connectivity index (χ3v) is 3.53. The molecule has 0 aliphatic carbocycles. The second-order valence-electron chi connectivity index (χ2n) is 5.23. The minimum atomic E-state index is -0.543. The van der Waals surface area contributed by atoms with Gasteiger partial charge < -0.3 is 21.1 Å². The molecular formula is C15H21N3O3. The Hall–Kier alpha value is -1.92. The van der Waals surface area contributed by atoms with Crippen LogP contribution in [0.1, 0.15) is 19.8 Å². The van der Waals surface area contributed by atoms with E-state index in [1.165, 1.54) is 6.92 Å². The van der Waals surface area contributed by atoms with Crippen LogP contribution >= 0.6 is 0 Å². The average molecular weight is 291 g/mol. The molecule has 1 aliphatic rings. The number of nitrogens with two attached hydrogens (primary N) is 1. The summed E-state index contributed by atoms with van der Waals surface area (Å²) in [5.41, 5.74) is 7.28. The molecule has 1 heterocycles. The molecule has 0 saturated carbocycles. The summed E-state index contributed by atoms with van der Waals surface area (Å²) in [7, 11) is 0. The Morgan fingerprint density at radius 2 is 1.86 bits per heavy atom. The van der Waals surface area contributed by atoms with E-state index >= 15 is 0 Å². The van der Waals surface area contributed by atoms with Crippen LogP contribution in [0.4, 0.5) is 11.4 Å². The molecule has 0 radical (unpaired) electrons. The monoisotopic (exact) mass is 291 g/mol. The molecule has 6 heteroatoms. The summed E-state index contributed by atoms with van der Waals surface area (Å²) in [6, 6.07) is 6.45. The Labute approximate surface area is 124 Å². The first kappa shape index (κ1) is 15.5. The lowest BCUT2D eigenvalue weighted by Crippen LogP contribution is -2.44. The molecule has 1 saturated heterocycles. The highest BCUT2D eigenvalue weighted by molar-refractivity contribution is 5.96. The largest absolute Gasteiger partial charge is 0.381 e. The van der Waals surface area contributed by atoms with Crippen LogP contribution in [0, 0.1) is 5.92 Å². The van der Waals surface area contributed by atoms with Crippen LogP contribution in [-0.2, 0) is 14.3 Å². The molecule has 114 valence electrons. The van der Waals surface area contributed by atoms with E-state index in [1.54, 1.807) is 24.3 Å². The maximum Gasteiger partial charge on any atom is 0.241 e. The third-order valence-electron chi connectivity index (χ3n) is 3.53. The number of nitrogens with one attached hydrogen (secondary N) is 2. The molecule has 1 aliphatic heterocycles. The predicted octanol–water partition coefficient (Wildman–Crippen LogP) is 1.34. The zero-order valence-corrected chi connectivity index (χ0v) is 12.1. The van der Waals surface area contributed by atoms with Gasteiger partial charge in [-0.25, -0.2) is 0 Å². The number of hydrogen-bond donors (Lipinski definition) is 3. The highest BCUT2D eigenvalue weighted by Gasteiger charge is 2.26. The Kier molecular flexibility index (Phi) is 5.30. The number of anilines is 2. The zero-order valence-electron chi connectivity index (χ0n) is 12.1. The Morgan fingerprint density at radius 1 is 1.24 bits per heavy atom. The molecule has 4 N–H and O–H groups in total. The van der Waals surface area contributed by atoms with Gasteiger partial charge in [0.2, 0.25) is 11.8 Å². The first-order valence-electron chi connectivity index (χ1n) is 7.08. The molecule has 1 aromatic carbocycles. The summed E-state index contributed by atoms with van der Waals surface area (Å²) in [6.45, 7) is 2.75. The summed E-state index contributed by atoms with van der Waals surface area (Å²) in [6.07, 6.45) is 1.61. The fraction of sp³-hybridized carbons (Fsp3) is 0.467. The summed E-state index contributed by atoms with van der Waals surface area (Å²) in [5.74, 6) is -0.212. The normalized spacial score (nSPS) is 17.0. The van der Waals surface area contributed by atoms with Gasteiger partial charge in [0.05, 0.1) is 6.04 Å². The number of carbonyl (C=O) groups is 2. The van der Waals surface area contributed by atoms with E-state index in [4.69, 9.17) is 10.5 Å². The smallest absolute Gasteiger partial charge is 0.241 e. The van der Waals surface area contributed by atoms with Crippen molar-refractivity contribution in [2.24, 2.45) is 11.7 Å². The van der Waals surface area contributed by atoms with E-state index in [1.807, 2.05) is 0 Å². The van der Waals surface area contributed by atoms with Crippen molar-refractivity contribution in [1.29, 1.82) is 0 Å². The first-order chi connectivity index (χ1) is 10.1. The van der Waals surface area contributed by atoms with Gasteiger partial charge in [-0.2, -0.15) is 0 Å². The van der Waals surface area contributed by atoms with Crippen molar-refractivity contribution in [2.75, 3.05) is 23.8 Å². The summed E-state index contributed by atoms with van der Waals surface area (Å²) in [4.78, 5) is 23.2. The number of carbonyl (C=O) groups excluding carboxylic acids is 2. The molecule has 6 nitrogen and oxygen atoms in total. The molecule has 1 unspecified atom stereocenters. The summed E-state index contributed by atoms with van der Waals surface area (Å²) >= 11 is 0. The number of rotatable bonds is 4. The Morgan fingerprint density at radius 3 is 2.48 bits per heavy atom. The molecule has 21 heavy (non-hydrogen) atoms. The van der Waals surface area contributed by atoms with E-state index in [2.05, 4.69) is 10.6 Å². The van der Waals surface area contributed by atoms with Gasteiger partial charge in [0.15, 0.2) is 0 Å². The minimum absolute atomic E-state index is 0.150. The Balaban J connectivity index is 1.96. The van der Waals surface area contributed by atoms with E-state index in [-0.39, 0.29) is 17.7 Å². The first-order valence-corrected chi connectivity index (χ1v) is 7.08. The van der Waals surface area contributed by atoms with Crippen LogP contribution < -0.4 is 16.4 Å².